The summed E-state index contributed by atoms with van der Waals surface area (Å²) in [4.78, 5) is 24.6. The van der Waals surface area contributed by atoms with Crippen LogP contribution in [0.25, 0.3) is 0 Å². The Morgan fingerprint density at radius 2 is 2.05 bits per heavy atom. The molecule has 6 nitrogen and oxygen atoms in total. The number of rotatable bonds is 4. The van der Waals surface area contributed by atoms with Crippen LogP contribution in [-0.2, 0) is 0 Å². The number of urea groups is 1. The number of anilines is 1. The van der Waals surface area contributed by atoms with Gasteiger partial charge in [-0.05, 0) is 49.4 Å². The molecule has 0 unspecified atom stereocenters. The zero-order valence-corrected chi connectivity index (χ0v) is 12.2. The lowest BCUT2D eigenvalue weighted by Crippen LogP contribution is -2.41. The topological polar surface area (TPSA) is 89.9 Å². The Balaban J connectivity index is 1.92. The maximum atomic E-state index is 12.0. The van der Waals surface area contributed by atoms with Gasteiger partial charge in [-0.2, -0.15) is 0 Å². The molecule has 1 aromatic rings. The standard InChI is InChI=1S/C15H20N2O4/c1-9-5-11(3-4-13(9)14(19)20)16-15(21)17(2)8-10-6-12(18)7-10/h3-5,10,12,18H,6-8H2,1-2H3,(H,16,21)(H,19,20). The molecule has 0 aromatic heterocycles. The van der Waals surface area contributed by atoms with Crippen LogP contribution in [0.2, 0.25) is 0 Å². The molecule has 6 heteroatoms. The Morgan fingerprint density at radius 3 is 2.57 bits per heavy atom. The number of amides is 2. The first-order valence-corrected chi connectivity index (χ1v) is 6.91. The third kappa shape index (κ3) is 3.72. The zero-order chi connectivity index (χ0) is 15.6. The van der Waals surface area contributed by atoms with Crippen LogP contribution in [0.4, 0.5) is 10.5 Å². The van der Waals surface area contributed by atoms with Crippen LogP contribution in [0, 0.1) is 12.8 Å². The third-order valence-corrected chi connectivity index (χ3v) is 3.80. The molecule has 0 radical (unpaired) electrons. The summed E-state index contributed by atoms with van der Waals surface area (Å²) >= 11 is 0. The first kappa shape index (κ1) is 15.3. The molecule has 1 saturated carbocycles. The van der Waals surface area contributed by atoms with E-state index in [1.807, 2.05) is 0 Å². The Hall–Kier alpha value is -2.08. The number of carbonyl (C=O) groups excluding carboxylic acids is 1. The summed E-state index contributed by atoms with van der Waals surface area (Å²) in [6.07, 6.45) is 1.26. The summed E-state index contributed by atoms with van der Waals surface area (Å²) in [5.41, 5.74) is 1.40. The SMILES string of the molecule is Cc1cc(NC(=O)N(C)CC2CC(O)C2)ccc1C(=O)O. The largest absolute Gasteiger partial charge is 0.478 e. The highest BCUT2D eigenvalue weighted by Gasteiger charge is 2.29. The molecule has 0 atom stereocenters. The minimum absolute atomic E-state index is 0.224. The average Bonchev–Trinajstić information content (AvgIpc) is 2.36. The van der Waals surface area contributed by atoms with Gasteiger partial charge in [0.1, 0.15) is 0 Å². The van der Waals surface area contributed by atoms with Crippen LogP contribution in [-0.4, -0.2) is 46.8 Å². The number of aliphatic hydroxyl groups is 1. The van der Waals surface area contributed by atoms with Crippen molar-refractivity contribution in [3.63, 3.8) is 0 Å². The fraction of sp³-hybridized carbons (Fsp3) is 0.467. The molecule has 114 valence electrons. The smallest absolute Gasteiger partial charge is 0.335 e. The number of aromatic carboxylic acids is 1. The van der Waals surface area contributed by atoms with Crippen LogP contribution in [0.3, 0.4) is 0 Å². The number of carboxylic acids is 1. The quantitative estimate of drug-likeness (QED) is 0.791. The second kappa shape index (κ2) is 6.13. The van der Waals surface area contributed by atoms with Crippen molar-refractivity contribution in [2.45, 2.75) is 25.9 Å². The average molecular weight is 292 g/mol. The van der Waals surface area contributed by atoms with Crippen molar-refractivity contribution in [3.05, 3.63) is 29.3 Å². The van der Waals surface area contributed by atoms with Crippen molar-refractivity contribution in [1.82, 2.24) is 4.90 Å². The molecule has 2 rings (SSSR count). The molecule has 0 aliphatic heterocycles. The first-order chi connectivity index (χ1) is 9.86. The number of hydrogen-bond acceptors (Lipinski definition) is 3. The molecule has 1 aromatic carbocycles. The van der Waals surface area contributed by atoms with E-state index in [2.05, 4.69) is 5.32 Å². The van der Waals surface area contributed by atoms with Gasteiger partial charge < -0.3 is 20.4 Å². The van der Waals surface area contributed by atoms with E-state index in [1.54, 1.807) is 31.0 Å². The number of carbonyl (C=O) groups is 2. The molecular weight excluding hydrogens is 272 g/mol. The zero-order valence-electron chi connectivity index (χ0n) is 12.2. The fourth-order valence-electron chi connectivity index (χ4n) is 2.52. The molecule has 0 spiro atoms. The van der Waals surface area contributed by atoms with Crippen molar-refractivity contribution in [2.24, 2.45) is 5.92 Å². The van der Waals surface area contributed by atoms with Gasteiger partial charge in [0.2, 0.25) is 0 Å². The summed E-state index contributed by atoms with van der Waals surface area (Å²) in [7, 11) is 1.71. The van der Waals surface area contributed by atoms with Crippen molar-refractivity contribution >= 4 is 17.7 Å². The number of benzene rings is 1. The first-order valence-electron chi connectivity index (χ1n) is 6.91. The van der Waals surface area contributed by atoms with Crippen molar-refractivity contribution in [1.29, 1.82) is 0 Å². The van der Waals surface area contributed by atoms with Gasteiger partial charge in [-0.15, -0.1) is 0 Å². The normalized spacial score (nSPS) is 20.5. The van der Waals surface area contributed by atoms with E-state index < -0.39 is 5.97 Å². The molecule has 1 fully saturated rings. The molecule has 1 aliphatic rings. The van der Waals surface area contributed by atoms with E-state index >= 15 is 0 Å². The minimum atomic E-state index is -0.981. The molecule has 1 aliphatic carbocycles. The highest BCUT2D eigenvalue weighted by atomic mass is 16.4. The van der Waals surface area contributed by atoms with E-state index in [1.165, 1.54) is 6.07 Å². The summed E-state index contributed by atoms with van der Waals surface area (Å²) in [6.45, 7) is 2.30. The van der Waals surface area contributed by atoms with Crippen LogP contribution in [0.5, 0.6) is 0 Å². The number of aliphatic hydroxyl groups excluding tert-OH is 1. The molecule has 2 amide bonds. The van der Waals surface area contributed by atoms with Crippen molar-refractivity contribution in [2.75, 3.05) is 18.9 Å². The lowest BCUT2D eigenvalue weighted by molar-refractivity contribution is 0.0332. The number of carboxylic acid groups (broad SMARTS) is 1. The second-order valence-electron chi connectivity index (χ2n) is 5.64. The molecule has 0 heterocycles. The van der Waals surface area contributed by atoms with Crippen LogP contribution in [0.15, 0.2) is 18.2 Å². The van der Waals surface area contributed by atoms with Crippen LogP contribution in [0.1, 0.15) is 28.8 Å². The van der Waals surface area contributed by atoms with Gasteiger partial charge in [0.25, 0.3) is 0 Å². The van der Waals surface area contributed by atoms with E-state index in [9.17, 15) is 14.7 Å². The van der Waals surface area contributed by atoms with Gasteiger partial charge in [0.15, 0.2) is 0 Å². The predicted octanol–water partition coefficient (Wildman–Crippen LogP) is 1.93. The van der Waals surface area contributed by atoms with Crippen molar-refractivity contribution in [3.8, 4) is 0 Å². The summed E-state index contributed by atoms with van der Waals surface area (Å²) in [6, 6.07) is 4.46. The van der Waals surface area contributed by atoms with E-state index in [0.717, 1.165) is 12.8 Å². The van der Waals surface area contributed by atoms with Gasteiger partial charge in [-0.1, -0.05) is 0 Å². The highest BCUT2D eigenvalue weighted by molar-refractivity contribution is 5.92. The Morgan fingerprint density at radius 1 is 1.38 bits per heavy atom. The lowest BCUT2D eigenvalue weighted by Gasteiger charge is -2.34. The monoisotopic (exact) mass is 292 g/mol. The van der Waals surface area contributed by atoms with Crippen molar-refractivity contribution < 1.29 is 19.8 Å². The molecule has 21 heavy (non-hydrogen) atoms. The Bertz CT molecular complexity index is 553. The summed E-state index contributed by atoms with van der Waals surface area (Å²) in [5, 5.41) is 20.9. The number of hydrogen-bond donors (Lipinski definition) is 3. The van der Waals surface area contributed by atoms with E-state index in [0.29, 0.717) is 23.7 Å². The van der Waals surface area contributed by atoms with Gasteiger partial charge in [-0.25, -0.2) is 9.59 Å². The van der Waals surface area contributed by atoms with Gasteiger partial charge in [-0.3, -0.25) is 0 Å². The summed E-state index contributed by atoms with van der Waals surface area (Å²) in [5.74, 6) is -0.627. The van der Waals surface area contributed by atoms with Crippen LogP contribution >= 0.6 is 0 Å². The maximum absolute atomic E-state index is 12.0. The van der Waals surface area contributed by atoms with Gasteiger partial charge in [0, 0.05) is 19.3 Å². The van der Waals surface area contributed by atoms with Gasteiger partial charge >= 0.3 is 12.0 Å². The van der Waals surface area contributed by atoms with Crippen LogP contribution < -0.4 is 5.32 Å². The molecule has 0 bridgehead atoms. The highest BCUT2D eigenvalue weighted by Crippen LogP contribution is 2.27. The predicted molar refractivity (Wildman–Crippen MR) is 78.5 cm³/mol. The minimum Gasteiger partial charge on any atom is -0.478 e. The summed E-state index contributed by atoms with van der Waals surface area (Å²) < 4.78 is 0. The lowest BCUT2D eigenvalue weighted by atomic mass is 9.82. The van der Waals surface area contributed by atoms with E-state index in [-0.39, 0.29) is 17.7 Å². The number of nitrogens with one attached hydrogen (secondary N) is 1. The third-order valence-electron chi connectivity index (χ3n) is 3.80. The van der Waals surface area contributed by atoms with E-state index in [4.69, 9.17) is 5.11 Å². The fourth-order valence-corrected chi connectivity index (χ4v) is 2.52. The van der Waals surface area contributed by atoms with Gasteiger partial charge in [0.05, 0.1) is 11.7 Å². The maximum Gasteiger partial charge on any atom is 0.335 e. The molecule has 0 saturated heterocycles. The number of nitrogens with zero attached hydrogens (tertiary/aromatic N) is 1. The second-order valence-corrected chi connectivity index (χ2v) is 5.64. The number of aryl methyl sites for hydroxylation is 1. The molecular formula is C15H20N2O4. The Labute approximate surface area is 123 Å². The molecule has 3 N–H and O–H groups in total. The Kier molecular flexibility index (Phi) is 4.47.